The number of fused-ring (bicyclic) bond motifs is 2. The van der Waals surface area contributed by atoms with Crippen molar-refractivity contribution >= 4 is 11.9 Å². The van der Waals surface area contributed by atoms with Gasteiger partial charge in [-0.2, -0.15) is 0 Å². The molecule has 2 unspecified atom stereocenters. The van der Waals surface area contributed by atoms with Crippen molar-refractivity contribution in [1.29, 1.82) is 0 Å². The number of rotatable bonds is 4. The highest BCUT2D eigenvalue weighted by atomic mass is 16.5. The first-order chi connectivity index (χ1) is 17.1. The van der Waals surface area contributed by atoms with Crippen molar-refractivity contribution in [2.45, 2.75) is 32.1 Å². The molecule has 1 amide bonds. The highest BCUT2D eigenvalue weighted by Gasteiger charge is 2.36. The van der Waals surface area contributed by atoms with Gasteiger partial charge in [-0.25, -0.2) is 9.48 Å². The van der Waals surface area contributed by atoms with Crippen molar-refractivity contribution in [3.8, 4) is 5.69 Å². The molecule has 2 saturated heterocycles. The fourth-order valence-electron chi connectivity index (χ4n) is 5.25. The smallest absolute Gasteiger partial charge is 0.338 e. The second kappa shape index (κ2) is 8.86. The molecule has 2 fully saturated rings. The van der Waals surface area contributed by atoms with E-state index in [9.17, 15) is 9.59 Å². The van der Waals surface area contributed by atoms with Gasteiger partial charge in [-0.05, 0) is 52.2 Å². The van der Waals surface area contributed by atoms with Gasteiger partial charge in [0.2, 0.25) is 5.91 Å². The van der Waals surface area contributed by atoms with E-state index in [1.54, 1.807) is 4.68 Å². The minimum Gasteiger partial charge on any atom is -0.457 e. The van der Waals surface area contributed by atoms with Crippen molar-refractivity contribution in [3.63, 3.8) is 0 Å². The number of amides is 1. The van der Waals surface area contributed by atoms with Gasteiger partial charge in [0, 0.05) is 31.7 Å². The molecule has 35 heavy (non-hydrogen) atoms. The van der Waals surface area contributed by atoms with Crippen LogP contribution in [0.4, 0.5) is 0 Å². The lowest BCUT2D eigenvalue weighted by Crippen LogP contribution is -2.59. The molecule has 3 aliphatic rings. The van der Waals surface area contributed by atoms with Crippen molar-refractivity contribution < 1.29 is 19.1 Å². The lowest BCUT2D eigenvalue weighted by molar-refractivity contribution is -0.139. The summed E-state index contributed by atoms with van der Waals surface area (Å²) in [6, 6.07) is 11.7. The number of hydrogen-bond acceptors (Lipinski definition) is 8. The lowest BCUT2D eigenvalue weighted by Gasteiger charge is -2.46. The lowest BCUT2D eigenvalue weighted by atomic mass is 9.94. The van der Waals surface area contributed by atoms with Crippen LogP contribution in [-0.2, 0) is 27.3 Å². The van der Waals surface area contributed by atoms with Gasteiger partial charge in [0.05, 0.1) is 36.4 Å². The molecule has 10 heteroatoms. The van der Waals surface area contributed by atoms with Gasteiger partial charge < -0.3 is 14.4 Å². The van der Waals surface area contributed by atoms with Crippen LogP contribution in [0, 0.1) is 6.92 Å². The number of nitrogens with zero attached hydrogens (tertiary/aromatic N) is 6. The molecule has 0 bridgehead atoms. The molecule has 2 atom stereocenters. The number of cyclic esters (lactones) is 1. The third-order valence-corrected chi connectivity index (χ3v) is 7.31. The van der Waals surface area contributed by atoms with E-state index in [0.29, 0.717) is 38.3 Å². The van der Waals surface area contributed by atoms with Crippen LogP contribution in [0.15, 0.2) is 42.7 Å². The topological polar surface area (TPSA) is 103 Å². The molecule has 0 saturated carbocycles. The average molecular weight is 475 g/mol. The summed E-state index contributed by atoms with van der Waals surface area (Å²) in [4.78, 5) is 29.2. The van der Waals surface area contributed by atoms with Crippen molar-refractivity contribution in [2.75, 3.05) is 32.8 Å². The Morgan fingerprint density at radius 3 is 2.77 bits per heavy atom. The number of tetrazole rings is 1. The Labute approximate surface area is 202 Å². The molecule has 4 heterocycles. The Bertz CT molecular complexity index is 1260. The molecule has 2 aromatic carbocycles. The predicted molar refractivity (Wildman–Crippen MR) is 124 cm³/mol. The summed E-state index contributed by atoms with van der Waals surface area (Å²) in [6.45, 7) is 5.92. The number of carbonyl (C=O) groups excluding carboxylic acids is 2. The van der Waals surface area contributed by atoms with Crippen LogP contribution in [0.1, 0.15) is 38.7 Å². The summed E-state index contributed by atoms with van der Waals surface area (Å²) in [6.07, 6.45) is 1.85. The SMILES string of the molecule is Cc1c(C2CN3CCN(C(=O)Cc4ccc(-n5cnnn5)cc4)CC3CO2)ccc2c1COC2=O. The van der Waals surface area contributed by atoms with E-state index in [4.69, 9.17) is 9.47 Å². The minimum atomic E-state index is -0.247. The van der Waals surface area contributed by atoms with Crippen molar-refractivity contribution in [2.24, 2.45) is 0 Å². The van der Waals surface area contributed by atoms with E-state index in [1.807, 2.05) is 48.2 Å². The maximum atomic E-state index is 13.0. The summed E-state index contributed by atoms with van der Waals surface area (Å²) >= 11 is 0. The molecule has 3 aliphatic heterocycles. The van der Waals surface area contributed by atoms with Crippen molar-refractivity contribution in [1.82, 2.24) is 30.0 Å². The van der Waals surface area contributed by atoms with Crippen LogP contribution >= 0.6 is 0 Å². The number of benzene rings is 2. The summed E-state index contributed by atoms with van der Waals surface area (Å²) < 4.78 is 13.0. The summed E-state index contributed by atoms with van der Waals surface area (Å²) in [5.41, 5.74) is 5.65. The largest absolute Gasteiger partial charge is 0.457 e. The van der Waals surface area contributed by atoms with Crippen LogP contribution in [0.5, 0.6) is 0 Å². The van der Waals surface area contributed by atoms with Gasteiger partial charge in [0.25, 0.3) is 0 Å². The van der Waals surface area contributed by atoms with E-state index in [2.05, 4.69) is 20.4 Å². The molecule has 6 rings (SSSR count). The fraction of sp³-hybridized carbons (Fsp3) is 0.400. The average Bonchev–Trinajstić information content (AvgIpc) is 3.55. The van der Waals surface area contributed by atoms with Crippen LogP contribution in [0.25, 0.3) is 5.69 Å². The maximum Gasteiger partial charge on any atom is 0.338 e. The number of piperazine rings is 1. The van der Waals surface area contributed by atoms with E-state index < -0.39 is 0 Å². The van der Waals surface area contributed by atoms with Gasteiger partial charge in [-0.3, -0.25) is 9.69 Å². The van der Waals surface area contributed by atoms with Crippen LogP contribution in [0.2, 0.25) is 0 Å². The molecule has 180 valence electrons. The van der Waals surface area contributed by atoms with E-state index in [1.165, 1.54) is 6.33 Å². The Hall–Kier alpha value is -3.63. The maximum absolute atomic E-state index is 13.0. The molecule has 0 N–H and O–H groups in total. The molecule has 3 aromatic rings. The zero-order valence-electron chi connectivity index (χ0n) is 19.5. The van der Waals surface area contributed by atoms with Crippen molar-refractivity contribution in [3.05, 3.63) is 70.5 Å². The predicted octanol–water partition coefficient (Wildman–Crippen LogP) is 1.47. The van der Waals surface area contributed by atoms with Gasteiger partial charge in [-0.15, -0.1) is 5.10 Å². The summed E-state index contributed by atoms with van der Waals surface area (Å²) in [5.74, 6) is -0.121. The number of carbonyl (C=O) groups is 2. The molecule has 10 nitrogen and oxygen atoms in total. The Morgan fingerprint density at radius 2 is 1.97 bits per heavy atom. The molecule has 0 aliphatic carbocycles. The molecule has 0 spiro atoms. The Balaban J connectivity index is 1.07. The first-order valence-corrected chi connectivity index (χ1v) is 11.8. The molecule has 1 aromatic heterocycles. The Kier molecular flexibility index (Phi) is 5.54. The van der Waals surface area contributed by atoms with Crippen LogP contribution in [0.3, 0.4) is 0 Å². The van der Waals surface area contributed by atoms with Crippen LogP contribution in [-0.4, -0.2) is 80.7 Å². The second-order valence-corrected chi connectivity index (χ2v) is 9.29. The van der Waals surface area contributed by atoms with Gasteiger partial charge in [-0.1, -0.05) is 18.2 Å². The number of ether oxygens (including phenoxy) is 2. The molecule has 0 radical (unpaired) electrons. The number of esters is 1. The number of aromatic nitrogens is 4. The highest BCUT2D eigenvalue weighted by molar-refractivity contribution is 5.94. The zero-order valence-corrected chi connectivity index (χ0v) is 19.5. The number of hydrogen-bond donors (Lipinski definition) is 0. The normalized spacial score (nSPS) is 22.0. The molecular formula is C25H26N6O4. The Morgan fingerprint density at radius 1 is 1.11 bits per heavy atom. The fourth-order valence-corrected chi connectivity index (χ4v) is 5.25. The van der Waals surface area contributed by atoms with Gasteiger partial charge in [0.15, 0.2) is 0 Å². The third-order valence-electron chi connectivity index (χ3n) is 7.31. The first kappa shape index (κ1) is 21.9. The monoisotopic (exact) mass is 474 g/mol. The molecular weight excluding hydrogens is 448 g/mol. The minimum absolute atomic E-state index is 0.0480. The van der Waals surface area contributed by atoms with E-state index >= 15 is 0 Å². The summed E-state index contributed by atoms with van der Waals surface area (Å²) in [7, 11) is 0. The zero-order chi connectivity index (χ0) is 23.9. The third kappa shape index (κ3) is 4.08. The quantitative estimate of drug-likeness (QED) is 0.524. The first-order valence-electron chi connectivity index (χ1n) is 11.8. The second-order valence-electron chi connectivity index (χ2n) is 9.29. The highest BCUT2D eigenvalue weighted by Crippen LogP contribution is 2.33. The van der Waals surface area contributed by atoms with Gasteiger partial charge in [0.1, 0.15) is 12.9 Å². The summed E-state index contributed by atoms with van der Waals surface area (Å²) in [5, 5.41) is 11.2. The number of morpholine rings is 1. The van der Waals surface area contributed by atoms with Crippen LogP contribution < -0.4 is 0 Å². The van der Waals surface area contributed by atoms with Gasteiger partial charge >= 0.3 is 5.97 Å². The standard InChI is InChI=1S/C25H26N6O4/c1-16-20(6-7-21-22(16)14-35-25(21)33)23-12-29-8-9-30(11-19(29)13-34-23)24(32)10-17-2-4-18(5-3-17)31-15-26-27-28-31/h2-7,15,19,23H,8-14H2,1H3. The van der Waals surface area contributed by atoms with E-state index in [-0.39, 0.29) is 24.0 Å². The van der Waals surface area contributed by atoms with E-state index in [0.717, 1.165) is 41.0 Å².